The van der Waals surface area contributed by atoms with Gasteiger partial charge in [0.15, 0.2) is 0 Å². The maximum Gasteiger partial charge on any atom is 0.335 e. The first-order chi connectivity index (χ1) is 17.7. The van der Waals surface area contributed by atoms with Crippen molar-refractivity contribution in [3.63, 3.8) is 0 Å². The highest BCUT2D eigenvalue weighted by atomic mass is 16.5. The average molecular weight is 483 g/mol. The summed E-state index contributed by atoms with van der Waals surface area (Å²) < 4.78 is 8.34. The molecule has 3 aromatic carbocycles. The van der Waals surface area contributed by atoms with Crippen molar-refractivity contribution in [1.82, 2.24) is 9.55 Å². The van der Waals surface area contributed by atoms with Gasteiger partial charge in [0, 0.05) is 11.6 Å². The highest BCUT2D eigenvalue weighted by Gasteiger charge is 2.23. The number of rotatable bonds is 10. The zero-order valence-corrected chi connectivity index (χ0v) is 20.7. The van der Waals surface area contributed by atoms with E-state index in [9.17, 15) is 9.90 Å². The van der Waals surface area contributed by atoms with Crippen molar-refractivity contribution >= 4 is 17.0 Å². The maximum absolute atomic E-state index is 11.5. The van der Waals surface area contributed by atoms with Crippen LogP contribution in [-0.2, 0) is 6.42 Å². The second-order valence-electron chi connectivity index (χ2n) is 9.77. The summed E-state index contributed by atoms with van der Waals surface area (Å²) in [6.07, 6.45) is 10.5. The molecule has 1 N–H and O–H groups in total. The Balaban J connectivity index is 1.26. The first kappa shape index (κ1) is 24.1. The Morgan fingerprint density at radius 1 is 0.917 bits per heavy atom. The molecule has 1 aromatic heterocycles. The standard InChI is InChI=1S/C31H34N2O3/c34-31(35)25-17-20-29-28(22-25)32-30(33(29)26-13-7-2-8-14-26)24-15-18-27(19-16-24)36-21-9-3-6-12-23-10-4-1-5-11-23/h1,4-5,10-11,15-20,22,26H,2-3,6-9,12-14,21H2,(H,34,35). The fraction of sp³-hybridized carbons (Fsp3) is 0.355. The molecule has 5 nitrogen and oxygen atoms in total. The Morgan fingerprint density at radius 2 is 1.69 bits per heavy atom. The molecule has 0 amide bonds. The van der Waals surface area contributed by atoms with Crippen LogP contribution in [0.3, 0.4) is 0 Å². The van der Waals surface area contributed by atoms with Gasteiger partial charge >= 0.3 is 5.97 Å². The van der Waals surface area contributed by atoms with E-state index in [1.807, 2.05) is 18.2 Å². The number of benzene rings is 3. The minimum atomic E-state index is -0.924. The number of aryl methyl sites for hydroxylation is 1. The molecule has 5 rings (SSSR count). The van der Waals surface area contributed by atoms with Crippen LogP contribution in [0, 0.1) is 0 Å². The van der Waals surface area contributed by atoms with Crippen LogP contribution in [-0.4, -0.2) is 27.2 Å². The van der Waals surface area contributed by atoms with E-state index >= 15 is 0 Å². The molecule has 0 aliphatic heterocycles. The lowest BCUT2D eigenvalue weighted by Gasteiger charge is -2.25. The summed E-state index contributed by atoms with van der Waals surface area (Å²) in [7, 11) is 0. The monoisotopic (exact) mass is 482 g/mol. The van der Waals surface area contributed by atoms with Gasteiger partial charge in [0.25, 0.3) is 0 Å². The van der Waals surface area contributed by atoms with E-state index < -0.39 is 5.97 Å². The van der Waals surface area contributed by atoms with Gasteiger partial charge in [-0.1, -0.05) is 49.6 Å². The predicted molar refractivity (Wildman–Crippen MR) is 144 cm³/mol. The Hall–Kier alpha value is -3.60. The van der Waals surface area contributed by atoms with Crippen LogP contribution < -0.4 is 4.74 Å². The van der Waals surface area contributed by atoms with Crippen LogP contribution >= 0.6 is 0 Å². The normalized spacial score (nSPS) is 14.2. The predicted octanol–water partition coefficient (Wildman–Crippen LogP) is 7.70. The number of unbranched alkanes of at least 4 members (excludes halogenated alkanes) is 2. The second-order valence-corrected chi connectivity index (χ2v) is 9.77. The highest BCUT2D eigenvalue weighted by molar-refractivity contribution is 5.93. The van der Waals surface area contributed by atoms with Crippen LogP contribution in [0.15, 0.2) is 72.8 Å². The number of ether oxygens (including phenoxy) is 1. The number of fused-ring (bicyclic) bond motifs is 1. The largest absolute Gasteiger partial charge is 0.494 e. The van der Waals surface area contributed by atoms with Crippen LogP contribution in [0.5, 0.6) is 5.75 Å². The van der Waals surface area contributed by atoms with Crippen LogP contribution in [0.2, 0.25) is 0 Å². The molecule has 0 atom stereocenters. The number of carbonyl (C=O) groups is 1. The fourth-order valence-electron chi connectivity index (χ4n) is 5.29. The smallest absolute Gasteiger partial charge is 0.335 e. The van der Waals surface area contributed by atoms with Gasteiger partial charge < -0.3 is 14.4 Å². The first-order valence-electron chi connectivity index (χ1n) is 13.2. The summed E-state index contributed by atoms with van der Waals surface area (Å²) in [5.41, 5.74) is 4.45. The van der Waals surface area contributed by atoms with E-state index in [1.54, 1.807) is 12.1 Å². The van der Waals surface area contributed by atoms with Gasteiger partial charge in [-0.2, -0.15) is 0 Å². The van der Waals surface area contributed by atoms with Crippen LogP contribution in [0.25, 0.3) is 22.4 Å². The Kier molecular flexibility index (Phi) is 7.65. The van der Waals surface area contributed by atoms with Crippen LogP contribution in [0.4, 0.5) is 0 Å². The maximum atomic E-state index is 11.5. The van der Waals surface area contributed by atoms with E-state index in [0.29, 0.717) is 12.6 Å². The van der Waals surface area contributed by atoms with Crippen molar-refractivity contribution < 1.29 is 14.6 Å². The number of aromatic nitrogens is 2. The number of nitrogens with zero attached hydrogens (tertiary/aromatic N) is 2. The van der Waals surface area contributed by atoms with Crippen molar-refractivity contribution in [2.45, 2.75) is 63.8 Å². The average Bonchev–Trinajstić information content (AvgIpc) is 3.31. The molecule has 4 aromatic rings. The molecule has 0 spiro atoms. The molecule has 0 saturated heterocycles. The van der Waals surface area contributed by atoms with E-state index in [1.165, 1.54) is 31.2 Å². The summed E-state index contributed by atoms with van der Waals surface area (Å²) >= 11 is 0. The highest BCUT2D eigenvalue weighted by Crippen LogP contribution is 2.36. The summed E-state index contributed by atoms with van der Waals surface area (Å²) in [5, 5.41) is 9.44. The molecule has 186 valence electrons. The molecule has 1 aliphatic rings. The van der Waals surface area contributed by atoms with E-state index in [-0.39, 0.29) is 5.56 Å². The molecule has 1 fully saturated rings. The number of carboxylic acids is 1. The Morgan fingerprint density at radius 3 is 2.44 bits per heavy atom. The molecule has 0 unspecified atom stereocenters. The molecule has 0 bridgehead atoms. The number of imidazole rings is 1. The van der Waals surface area contributed by atoms with Crippen molar-refractivity contribution in [3.8, 4) is 17.1 Å². The van der Waals surface area contributed by atoms with Gasteiger partial charge in [-0.25, -0.2) is 9.78 Å². The minimum Gasteiger partial charge on any atom is -0.494 e. The van der Waals surface area contributed by atoms with Crippen molar-refractivity contribution in [1.29, 1.82) is 0 Å². The number of hydrogen-bond donors (Lipinski definition) is 1. The molecule has 1 heterocycles. The zero-order valence-electron chi connectivity index (χ0n) is 20.7. The summed E-state index contributed by atoms with van der Waals surface area (Å²) in [6, 6.07) is 24.5. The third-order valence-electron chi connectivity index (χ3n) is 7.21. The van der Waals surface area contributed by atoms with Gasteiger partial charge in [0.05, 0.1) is 23.2 Å². The summed E-state index contributed by atoms with van der Waals surface area (Å²) in [4.78, 5) is 16.4. The first-order valence-corrected chi connectivity index (χ1v) is 13.2. The molecule has 0 radical (unpaired) electrons. The lowest BCUT2D eigenvalue weighted by atomic mass is 9.95. The van der Waals surface area contributed by atoms with Gasteiger partial charge in [-0.3, -0.25) is 0 Å². The van der Waals surface area contributed by atoms with E-state index in [4.69, 9.17) is 9.72 Å². The second kappa shape index (κ2) is 11.4. The van der Waals surface area contributed by atoms with Crippen molar-refractivity contribution in [2.24, 2.45) is 0 Å². The Bertz CT molecular complexity index is 1290. The minimum absolute atomic E-state index is 0.273. The van der Waals surface area contributed by atoms with E-state index in [2.05, 4.69) is 47.0 Å². The topological polar surface area (TPSA) is 64.3 Å². The summed E-state index contributed by atoms with van der Waals surface area (Å²) in [6.45, 7) is 0.715. The summed E-state index contributed by atoms with van der Waals surface area (Å²) in [5.74, 6) is 0.856. The molecular formula is C31H34N2O3. The Labute approximate surface area is 212 Å². The van der Waals surface area contributed by atoms with Crippen LogP contribution in [0.1, 0.15) is 73.3 Å². The lowest BCUT2D eigenvalue weighted by Crippen LogP contribution is -2.14. The number of aromatic carboxylic acids is 1. The molecule has 1 aliphatic carbocycles. The molecular weight excluding hydrogens is 448 g/mol. The van der Waals surface area contributed by atoms with Gasteiger partial charge in [0.1, 0.15) is 11.6 Å². The molecule has 5 heteroatoms. The van der Waals surface area contributed by atoms with Gasteiger partial charge in [-0.05, 0) is 86.6 Å². The zero-order chi connectivity index (χ0) is 24.7. The molecule has 36 heavy (non-hydrogen) atoms. The lowest BCUT2D eigenvalue weighted by molar-refractivity contribution is 0.0697. The van der Waals surface area contributed by atoms with Gasteiger partial charge in [0.2, 0.25) is 0 Å². The van der Waals surface area contributed by atoms with E-state index in [0.717, 1.165) is 60.3 Å². The SMILES string of the molecule is O=C(O)c1ccc2c(c1)nc(-c1ccc(OCCCCCc3ccccc3)cc1)n2C1CCCCC1. The van der Waals surface area contributed by atoms with Crippen molar-refractivity contribution in [2.75, 3.05) is 6.61 Å². The van der Waals surface area contributed by atoms with Gasteiger partial charge in [-0.15, -0.1) is 0 Å². The number of carboxylic acid groups (broad SMARTS) is 1. The number of hydrogen-bond acceptors (Lipinski definition) is 3. The third-order valence-corrected chi connectivity index (χ3v) is 7.21. The molecule has 1 saturated carbocycles. The van der Waals surface area contributed by atoms with Crippen molar-refractivity contribution in [3.05, 3.63) is 83.9 Å². The quantitative estimate of drug-likeness (QED) is 0.235. The third kappa shape index (κ3) is 5.62. The fourth-order valence-corrected chi connectivity index (χ4v) is 5.29.